The molecule has 0 aliphatic heterocycles. The predicted molar refractivity (Wildman–Crippen MR) is 59.5 cm³/mol. The summed E-state index contributed by atoms with van der Waals surface area (Å²) in [6.07, 6.45) is 1.85. The van der Waals surface area contributed by atoms with Gasteiger partial charge < -0.3 is 0 Å². The van der Waals surface area contributed by atoms with Gasteiger partial charge in [-0.3, -0.25) is 20.4 Å². The van der Waals surface area contributed by atoms with Crippen LogP contribution < -0.4 is 10.9 Å². The van der Waals surface area contributed by atoms with Crippen LogP contribution in [-0.2, 0) is 4.79 Å². The summed E-state index contributed by atoms with van der Waals surface area (Å²) in [5.74, 6) is -0.272. The van der Waals surface area contributed by atoms with E-state index < -0.39 is 0 Å². The number of amides is 2. The summed E-state index contributed by atoms with van der Waals surface area (Å²) in [6, 6.07) is 7.26. The second-order valence-corrected chi connectivity index (χ2v) is 4.03. The lowest BCUT2D eigenvalue weighted by molar-refractivity contribution is -0.123. The highest BCUT2D eigenvalue weighted by molar-refractivity contribution is 5.96. The first-order valence-corrected chi connectivity index (χ1v) is 5.34. The number of rotatable bonds is 2. The van der Waals surface area contributed by atoms with Crippen molar-refractivity contribution in [1.29, 1.82) is 0 Å². The molecule has 84 valence electrons. The average molecular weight is 218 g/mol. The highest BCUT2D eigenvalue weighted by atomic mass is 16.2. The van der Waals surface area contributed by atoms with E-state index in [-0.39, 0.29) is 17.7 Å². The molecule has 2 amide bonds. The van der Waals surface area contributed by atoms with Crippen LogP contribution in [0.5, 0.6) is 0 Å². The molecule has 0 radical (unpaired) electrons. The van der Waals surface area contributed by atoms with Gasteiger partial charge in [-0.2, -0.15) is 0 Å². The fourth-order valence-corrected chi connectivity index (χ4v) is 1.46. The van der Waals surface area contributed by atoms with Crippen molar-refractivity contribution in [2.45, 2.75) is 19.8 Å². The fraction of sp³-hybridized carbons (Fsp3) is 0.333. The Hall–Kier alpha value is -1.84. The van der Waals surface area contributed by atoms with Gasteiger partial charge in [0.1, 0.15) is 0 Å². The van der Waals surface area contributed by atoms with Crippen molar-refractivity contribution in [3.05, 3.63) is 35.4 Å². The van der Waals surface area contributed by atoms with Crippen molar-refractivity contribution >= 4 is 11.8 Å². The molecule has 4 nitrogen and oxygen atoms in total. The van der Waals surface area contributed by atoms with E-state index in [1.165, 1.54) is 0 Å². The molecular weight excluding hydrogens is 204 g/mol. The first-order chi connectivity index (χ1) is 7.68. The molecule has 4 heteroatoms. The molecule has 1 aliphatic carbocycles. The molecule has 0 spiro atoms. The van der Waals surface area contributed by atoms with Gasteiger partial charge >= 0.3 is 0 Å². The van der Waals surface area contributed by atoms with E-state index >= 15 is 0 Å². The van der Waals surface area contributed by atoms with Crippen LogP contribution in [0.4, 0.5) is 0 Å². The van der Waals surface area contributed by atoms with Gasteiger partial charge in [-0.25, -0.2) is 0 Å². The molecule has 1 aliphatic rings. The van der Waals surface area contributed by atoms with E-state index in [0.29, 0.717) is 5.56 Å². The summed E-state index contributed by atoms with van der Waals surface area (Å²) < 4.78 is 0. The van der Waals surface area contributed by atoms with E-state index in [0.717, 1.165) is 18.4 Å². The van der Waals surface area contributed by atoms with Gasteiger partial charge in [0, 0.05) is 11.5 Å². The minimum atomic E-state index is -0.271. The first-order valence-electron chi connectivity index (χ1n) is 5.34. The Morgan fingerprint density at radius 1 is 1.19 bits per heavy atom. The zero-order chi connectivity index (χ0) is 11.5. The van der Waals surface area contributed by atoms with Crippen LogP contribution >= 0.6 is 0 Å². The molecule has 0 bridgehead atoms. The van der Waals surface area contributed by atoms with Crippen LogP contribution in [0.1, 0.15) is 28.8 Å². The smallest absolute Gasteiger partial charge is 0.269 e. The maximum absolute atomic E-state index is 11.7. The summed E-state index contributed by atoms with van der Waals surface area (Å²) >= 11 is 0. The lowest BCUT2D eigenvalue weighted by Gasteiger charge is -2.08. The molecule has 1 aromatic rings. The third kappa shape index (κ3) is 2.39. The second-order valence-electron chi connectivity index (χ2n) is 4.03. The average Bonchev–Trinajstić information content (AvgIpc) is 3.10. The monoisotopic (exact) mass is 218 g/mol. The van der Waals surface area contributed by atoms with Gasteiger partial charge in [0.25, 0.3) is 5.91 Å². The molecular formula is C12H14N2O2. The summed E-state index contributed by atoms with van der Waals surface area (Å²) in [5, 5.41) is 0. The Morgan fingerprint density at radius 3 is 2.50 bits per heavy atom. The Morgan fingerprint density at radius 2 is 1.88 bits per heavy atom. The van der Waals surface area contributed by atoms with Crippen molar-refractivity contribution in [1.82, 2.24) is 10.9 Å². The Kier molecular flexibility index (Phi) is 2.90. The topological polar surface area (TPSA) is 58.2 Å². The Balaban J connectivity index is 1.92. The Bertz CT molecular complexity index is 425. The number of aryl methyl sites for hydroxylation is 1. The highest BCUT2D eigenvalue weighted by Gasteiger charge is 2.29. The van der Waals surface area contributed by atoms with Crippen molar-refractivity contribution in [2.75, 3.05) is 0 Å². The molecule has 16 heavy (non-hydrogen) atoms. The number of benzene rings is 1. The number of carbonyl (C=O) groups excluding carboxylic acids is 2. The zero-order valence-electron chi connectivity index (χ0n) is 9.12. The predicted octanol–water partition coefficient (Wildman–Crippen LogP) is 1.17. The van der Waals surface area contributed by atoms with Gasteiger partial charge in [-0.15, -0.1) is 0 Å². The maximum atomic E-state index is 11.7. The third-order valence-corrected chi connectivity index (χ3v) is 2.64. The van der Waals surface area contributed by atoms with Crippen LogP contribution in [0, 0.1) is 12.8 Å². The van der Waals surface area contributed by atoms with Gasteiger partial charge in [-0.1, -0.05) is 18.2 Å². The lowest BCUT2D eigenvalue weighted by Crippen LogP contribution is -2.42. The number of nitrogens with one attached hydrogen (secondary N) is 2. The van der Waals surface area contributed by atoms with Gasteiger partial charge in [-0.05, 0) is 31.4 Å². The third-order valence-electron chi connectivity index (χ3n) is 2.64. The van der Waals surface area contributed by atoms with Crippen molar-refractivity contribution in [2.24, 2.45) is 5.92 Å². The molecule has 1 fully saturated rings. The molecule has 1 aromatic carbocycles. The van der Waals surface area contributed by atoms with Crippen molar-refractivity contribution < 1.29 is 9.59 Å². The SMILES string of the molecule is Cc1ccccc1C(=O)NNC(=O)C1CC1. The summed E-state index contributed by atoms with van der Waals surface area (Å²) in [4.78, 5) is 23.0. The van der Waals surface area contributed by atoms with Gasteiger partial charge in [0.15, 0.2) is 0 Å². The molecule has 0 heterocycles. The first kappa shape index (κ1) is 10.7. The molecule has 2 N–H and O–H groups in total. The Labute approximate surface area is 94.0 Å². The lowest BCUT2D eigenvalue weighted by atomic mass is 10.1. The number of hydrogen-bond acceptors (Lipinski definition) is 2. The molecule has 0 unspecified atom stereocenters. The quantitative estimate of drug-likeness (QED) is 0.732. The standard InChI is InChI=1S/C12H14N2O2/c1-8-4-2-3-5-10(8)12(16)14-13-11(15)9-6-7-9/h2-5,9H,6-7H2,1H3,(H,13,15)(H,14,16). The number of hydrogen-bond donors (Lipinski definition) is 2. The fourth-order valence-electron chi connectivity index (χ4n) is 1.46. The molecule has 0 aromatic heterocycles. The van der Waals surface area contributed by atoms with Gasteiger partial charge in [0.2, 0.25) is 5.91 Å². The van der Waals surface area contributed by atoms with Crippen LogP contribution in [0.2, 0.25) is 0 Å². The van der Waals surface area contributed by atoms with E-state index in [9.17, 15) is 9.59 Å². The van der Waals surface area contributed by atoms with Crippen LogP contribution in [0.3, 0.4) is 0 Å². The van der Waals surface area contributed by atoms with Gasteiger partial charge in [0.05, 0.1) is 0 Å². The second kappa shape index (κ2) is 4.35. The van der Waals surface area contributed by atoms with Crippen molar-refractivity contribution in [3.8, 4) is 0 Å². The van der Waals surface area contributed by atoms with E-state index in [2.05, 4.69) is 10.9 Å². The van der Waals surface area contributed by atoms with Crippen molar-refractivity contribution in [3.63, 3.8) is 0 Å². The van der Waals surface area contributed by atoms with E-state index in [4.69, 9.17) is 0 Å². The molecule has 2 rings (SSSR count). The van der Waals surface area contributed by atoms with E-state index in [1.807, 2.05) is 19.1 Å². The summed E-state index contributed by atoms with van der Waals surface area (Å²) in [5.41, 5.74) is 6.33. The van der Waals surface area contributed by atoms with Crippen LogP contribution in [0.25, 0.3) is 0 Å². The largest absolute Gasteiger partial charge is 0.273 e. The maximum Gasteiger partial charge on any atom is 0.269 e. The number of carbonyl (C=O) groups is 2. The highest BCUT2D eigenvalue weighted by Crippen LogP contribution is 2.28. The van der Waals surface area contributed by atoms with Crippen LogP contribution in [-0.4, -0.2) is 11.8 Å². The normalized spacial score (nSPS) is 14.3. The molecule has 1 saturated carbocycles. The zero-order valence-corrected chi connectivity index (χ0v) is 9.12. The minimum absolute atomic E-state index is 0.0946. The minimum Gasteiger partial charge on any atom is -0.273 e. The summed E-state index contributed by atoms with van der Waals surface area (Å²) in [6.45, 7) is 1.86. The summed E-state index contributed by atoms with van der Waals surface area (Å²) in [7, 11) is 0. The number of hydrazine groups is 1. The van der Waals surface area contributed by atoms with E-state index in [1.54, 1.807) is 12.1 Å². The van der Waals surface area contributed by atoms with Crippen LogP contribution in [0.15, 0.2) is 24.3 Å². The molecule has 0 atom stereocenters. The molecule has 0 saturated heterocycles.